The number of benzene rings is 1. The molecule has 0 unspecified atom stereocenters. The zero-order valence-corrected chi connectivity index (χ0v) is 11.2. The molecule has 0 aliphatic heterocycles. The summed E-state index contributed by atoms with van der Waals surface area (Å²) in [6.45, 7) is 2.67. The van der Waals surface area contributed by atoms with Gasteiger partial charge in [-0.1, -0.05) is 29.8 Å². The number of rotatable bonds is 4. The van der Waals surface area contributed by atoms with Crippen LogP contribution in [0.5, 0.6) is 0 Å². The van der Waals surface area contributed by atoms with Crippen molar-refractivity contribution in [3.63, 3.8) is 0 Å². The number of aromatic nitrogens is 1. The van der Waals surface area contributed by atoms with Crippen LogP contribution < -0.4 is 10.6 Å². The largest absolute Gasteiger partial charge is 0.370 e. The smallest absolute Gasteiger partial charge is 0.255 e. The maximum Gasteiger partial charge on any atom is 0.255 e. The fourth-order valence-electron chi connectivity index (χ4n) is 1.62. The van der Waals surface area contributed by atoms with Gasteiger partial charge < -0.3 is 10.6 Å². The Morgan fingerprint density at radius 1 is 1.26 bits per heavy atom. The van der Waals surface area contributed by atoms with Crippen LogP contribution in [0, 0.1) is 0 Å². The molecule has 98 valence electrons. The lowest BCUT2D eigenvalue weighted by Gasteiger charge is -2.08. The topological polar surface area (TPSA) is 54.0 Å². The molecule has 0 spiro atoms. The molecule has 0 aliphatic carbocycles. The van der Waals surface area contributed by atoms with E-state index in [1.165, 1.54) is 0 Å². The first-order valence-corrected chi connectivity index (χ1v) is 6.34. The Labute approximate surface area is 116 Å². The van der Waals surface area contributed by atoms with E-state index in [1.807, 2.05) is 37.3 Å². The van der Waals surface area contributed by atoms with Crippen LogP contribution in [0.4, 0.5) is 11.5 Å². The molecule has 1 aromatic heterocycles. The molecular weight excluding hydrogens is 262 g/mol. The minimum Gasteiger partial charge on any atom is -0.370 e. The third-order valence-electron chi connectivity index (χ3n) is 2.45. The van der Waals surface area contributed by atoms with Crippen LogP contribution in [0.15, 0.2) is 42.5 Å². The van der Waals surface area contributed by atoms with Gasteiger partial charge in [0.2, 0.25) is 0 Å². The SMILES string of the molecule is CCNc1cc(C(=O)Nc2ccccc2)cc(Cl)n1. The van der Waals surface area contributed by atoms with Crippen molar-refractivity contribution in [3.8, 4) is 0 Å². The Bertz CT molecular complexity index is 572. The molecule has 5 heteroatoms. The third kappa shape index (κ3) is 3.69. The average Bonchev–Trinajstić information content (AvgIpc) is 2.39. The summed E-state index contributed by atoms with van der Waals surface area (Å²) in [5, 5.41) is 6.12. The Kier molecular flexibility index (Phi) is 4.36. The number of carbonyl (C=O) groups is 1. The van der Waals surface area contributed by atoms with Gasteiger partial charge in [-0.25, -0.2) is 4.98 Å². The van der Waals surface area contributed by atoms with Gasteiger partial charge in [-0.05, 0) is 31.2 Å². The predicted octanol–water partition coefficient (Wildman–Crippen LogP) is 3.42. The van der Waals surface area contributed by atoms with Crippen molar-refractivity contribution in [3.05, 3.63) is 53.2 Å². The van der Waals surface area contributed by atoms with Crippen molar-refractivity contribution in [2.75, 3.05) is 17.2 Å². The van der Waals surface area contributed by atoms with E-state index in [4.69, 9.17) is 11.6 Å². The summed E-state index contributed by atoms with van der Waals surface area (Å²) in [6.07, 6.45) is 0. The number of anilines is 2. The van der Waals surface area contributed by atoms with Crippen LogP contribution >= 0.6 is 11.6 Å². The number of hydrogen-bond acceptors (Lipinski definition) is 3. The number of amides is 1. The minimum absolute atomic E-state index is 0.213. The van der Waals surface area contributed by atoms with E-state index in [0.29, 0.717) is 17.9 Å². The number of pyridine rings is 1. The number of hydrogen-bond donors (Lipinski definition) is 2. The van der Waals surface area contributed by atoms with E-state index in [0.717, 1.165) is 5.69 Å². The van der Waals surface area contributed by atoms with E-state index < -0.39 is 0 Å². The highest BCUT2D eigenvalue weighted by molar-refractivity contribution is 6.30. The Morgan fingerprint density at radius 3 is 2.68 bits per heavy atom. The lowest BCUT2D eigenvalue weighted by atomic mass is 10.2. The van der Waals surface area contributed by atoms with Gasteiger partial charge in [0.25, 0.3) is 5.91 Å². The van der Waals surface area contributed by atoms with Crippen molar-refractivity contribution in [1.29, 1.82) is 0 Å². The van der Waals surface area contributed by atoms with Crippen LogP contribution in [0.2, 0.25) is 5.15 Å². The number of nitrogens with zero attached hydrogens (tertiary/aromatic N) is 1. The molecule has 0 radical (unpaired) electrons. The highest BCUT2D eigenvalue weighted by atomic mass is 35.5. The predicted molar refractivity (Wildman–Crippen MR) is 77.8 cm³/mol. The van der Waals surface area contributed by atoms with E-state index in [9.17, 15) is 4.79 Å². The lowest BCUT2D eigenvalue weighted by Crippen LogP contribution is -2.13. The van der Waals surface area contributed by atoms with Crippen LogP contribution in [-0.4, -0.2) is 17.4 Å². The van der Waals surface area contributed by atoms with Gasteiger partial charge >= 0.3 is 0 Å². The molecule has 1 heterocycles. The second kappa shape index (κ2) is 6.20. The normalized spacial score (nSPS) is 10.0. The number of nitrogens with one attached hydrogen (secondary N) is 2. The summed E-state index contributed by atoms with van der Waals surface area (Å²) in [5.74, 6) is 0.378. The second-order valence-corrected chi connectivity index (χ2v) is 4.30. The molecule has 19 heavy (non-hydrogen) atoms. The van der Waals surface area contributed by atoms with Crippen molar-refractivity contribution < 1.29 is 4.79 Å². The molecule has 0 bridgehead atoms. The van der Waals surface area contributed by atoms with Crippen molar-refractivity contribution in [2.24, 2.45) is 0 Å². The van der Waals surface area contributed by atoms with Gasteiger partial charge in [0.15, 0.2) is 0 Å². The molecule has 0 atom stereocenters. The fourth-order valence-corrected chi connectivity index (χ4v) is 1.83. The molecule has 0 aliphatic rings. The maximum absolute atomic E-state index is 12.1. The second-order valence-electron chi connectivity index (χ2n) is 3.91. The van der Waals surface area contributed by atoms with E-state index in [2.05, 4.69) is 15.6 Å². The summed E-state index contributed by atoms with van der Waals surface area (Å²) >= 11 is 5.90. The Balaban J connectivity index is 2.19. The van der Waals surface area contributed by atoms with E-state index >= 15 is 0 Å². The van der Waals surface area contributed by atoms with Crippen LogP contribution in [0.25, 0.3) is 0 Å². The van der Waals surface area contributed by atoms with E-state index in [-0.39, 0.29) is 11.1 Å². The van der Waals surface area contributed by atoms with Crippen LogP contribution in [0.3, 0.4) is 0 Å². The number of halogens is 1. The molecule has 2 rings (SSSR count). The number of para-hydroxylation sites is 1. The zero-order valence-electron chi connectivity index (χ0n) is 10.5. The monoisotopic (exact) mass is 275 g/mol. The molecule has 2 N–H and O–H groups in total. The van der Waals surface area contributed by atoms with E-state index in [1.54, 1.807) is 12.1 Å². The standard InChI is InChI=1S/C14H14ClN3O/c1-2-16-13-9-10(8-12(15)18-13)14(19)17-11-6-4-3-5-7-11/h3-9H,2H2,1H3,(H,16,18)(H,17,19). The summed E-state index contributed by atoms with van der Waals surface area (Å²) in [5.41, 5.74) is 1.21. The van der Waals surface area contributed by atoms with Crippen LogP contribution in [0.1, 0.15) is 17.3 Å². The highest BCUT2D eigenvalue weighted by Crippen LogP contribution is 2.16. The summed E-state index contributed by atoms with van der Waals surface area (Å²) in [7, 11) is 0. The first kappa shape index (κ1) is 13.4. The van der Waals surface area contributed by atoms with Gasteiger partial charge in [0, 0.05) is 17.8 Å². The molecule has 1 aromatic carbocycles. The van der Waals surface area contributed by atoms with Gasteiger partial charge in [-0.15, -0.1) is 0 Å². The Hall–Kier alpha value is -2.07. The quantitative estimate of drug-likeness (QED) is 0.841. The zero-order chi connectivity index (χ0) is 13.7. The summed E-state index contributed by atoms with van der Waals surface area (Å²) < 4.78 is 0. The highest BCUT2D eigenvalue weighted by Gasteiger charge is 2.09. The van der Waals surface area contributed by atoms with Crippen LogP contribution in [-0.2, 0) is 0 Å². The lowest BCUT2D eigenvalue weighted by molar-refractivity contribution is 0.102. The molecule has 0 fully saturated rings. The molecule has 0 saturated carbocycles. The van der Waals surface area contributed by atoms with Gasteiger partial charge in [-0.2, -0.15) is 0 Å². The van der Waals surface area contributed by atoms with Gasteiger partial charge in [0.1, 0.15) is 11.0 Å². The molecule has 1 amide bonds. The molecular formula is C14H14ClN3O. The Morgan fingerprint density at radius 2 is 2.00 bits per heavy atom. The molecule has 4 nitrogen and oxygen atoms in total. The van der Waals surface area contributed by atoms with Gasteiger partial charge in [-0.3, -0.25) is 4.79 Å². The first-order chi connectivity index (χ1) is 9.19. The molecule has 0 saturated heterocycles. The third-order valence-corrected chi connectivity index (χ3v) is 2.64. The molecule has 2 aromatic rings. The summed E-state index contributed by atoms with van der Waals surface area (Å²) in [6, 6.07) is 12.5. The maximum atomic E-state index is 12.1. The van der Waals surface area contributed by atoms with Gasteiger partial charge in [0.05, 0.1) is 0 Å². The van der Waals surface area contributed by atoms with Crippen molar-refractivity contribution in [2.45, 2.75) is 6.92 Å². The fraction of sp³-hybridized carbons (Fsp3) is 0.143. The minimum atomic E-state index is -0.213. The average molecular weight is 276 g/mol. The first-order valence-electron chi connectivity index (χ1n) is 5.97. The van der Waals surface area contributed by atoms with Crippen molar-refractivity contribution >= 4 is 29.0 Å². The van der Waals surface area contributed by atoms with Crippen molar-refractivity contribution in [1.82, 2.24) is 4.98 Å². The summed E-state index contributed by atoms with van der Waals surface area (Å²) in [4.78, 5) is 16.2. The number of carbonyl (C=O) groups excluding carboxylic acids is 1.